The van der Waals surface area contributed by atoms with Crippen LogP contribution in [0.25, 0.3) is 0 Å². The van der Waals surface area contributed by atoms with Crippen molar-refractivity contribution in [3.63, 3.8) is 0 Å². The normalized spacial score (nSPS) is 14.4. The van der Waals surface area contributed by atoms with Crippen molar-refractivity contribution < 1.29 is 9.90 Å². The van der Waals surface area contributed by atoms with Gasteiger partial charge >= 0.3 is 5.97 Å². The molecule has 0 spiro atoms. The standard InChI is InChI=1S/C18H32O2/c1-5-6-7-10-15(2)11-8-12-16(3)13-9-14-17(4)18(19)20/h10,13,17H,5-9,11-12,14H2,1-4H3,(H,19,20). The summed E-state index contributed by atoms with van der Waals surface area (Å²) in [4.78, 5) is 10.7. The van der Waals surface area contributed by atoms with Crippen LogP contribution in [0.5, 0.6) is 0 Å². The molecule has 0 aliphatic carbocycles. The topological polar surface area (TPSA) is 37.3 Å². The van der Waals surface area contributed by atoms with Crippen molar-refractivity contribution in [2.24, 2.45) is 5.92 Å². The van der Waals surface area contributed by atoms with Crippen molar-refractivity contribution in [2.75, 3.05) is 0 Å². The largest absolute Gasteiger partial charge is 0.481 e. The quantitative estimate of drug-likeness (QED) is 0.387. The molecule has 0 amide bonds. The Morgan fingerprint density at radius 1 is 1.05 bits per heavy atom. The van der Waals surface area contributed by atoms with E-state index in [-0.39, 0.29) is 5.92 Å². The molecule has 116 valence electrons. The fourth-order valence-electron chi connectivity index (χ4n) is 2.11. The van der Waals surface area contributed by atoms with Crippen molar-refractivity contribution in [1.82, 2.24) is 0 Å². The minimum Gasteiger partial charge on any atom is -0.481 e. The maximum atomic E-state index is 10.7. The molecule has 0 aliphatic heterocycles. The second kappa shape index (κ2) is 11.7. The van der Waals surface area contributed by atoms with E-state index in [0.717, 1.165) is 19.3 Å². The first-order chi connectivity index (χ1) is 9.47. The first kappa shape index (κ1) is 18.9. The predicted molar refractivity (Wildman–Crippen MR) is 86.9 cm³/mol. The molecule has 0 aromatic rings. The molecular weight excluding hydrogens is 248 g/mol. The summed E-state index contributed by atoms with van der Waals surface area (Å²) in [5.74, 6) is -0.924. The van der Waals surface area contributed by atoms with E-state index in [0.29, 0.717) is 0 Å². The zero-order valence-corrected chi connectivity index (χ0v) is 13.7. The molecule has 0 rings (SSSR count). The van der Waals surface area contributed by atoms with Crippen molar-refractivity contribution in [2.45, 2.75) is 79.1 Å². The second-order valence-corrected chi connectivity index (χ2v) is 5.91. The first-order valence-electron chi connectivity index (χ1n) is 8.01. The molecule has 0 aliphatic rings. The number of carboxylic acid groups (broad SMARTS) is 1. The van der Waals surface area contributed by atoms with Gasteiger partial charge in [0.1, 0.15) is 0 Å². The highest BCUT2D eigenvalue weighted by Gasteiger charge is 2.08. The highest BCUT2D eigenvalue weighted by molar-refractivity contribution is 5.69. The van der Waals surface area contributed by atoms with Crippen molar-refractivity contribution >= 4 is 5.97 Å². The van der Waals surface area contributed by atoms with Crippen LogP contribution in [-0.4, -0.2) is 11.1 Å². The Bertz CT molecular complexity index is 326. The van der Waals surface area contributed by atoms with Gasteiger partial charge in [-0.2, -0.15) is 0 Å². The van der Waals surface area contributed by atoms with Crippen LogP contribution in [0.3, 0.4) is 0 Å². The molecule has 0 saturated carbocycles. The van der Waals surface area contributed by atoms with Gasteiger partial charge in [-0.3, -0.25) is 4.79 Å². The van der Waals surface area contributed by atoms with Gasteiger partial charge in [-0.1, -0.05) is 50.0 Å². The van der Waals surface area contributed by atoms with Gasteiger partial charge in [0, 0.05) is 0 Å². The van der Waals surface area contributed by atoms with Crippen molar-refractivity contribution in [1.29, 1.82) is 0 Å². The summed E-state index contributed by atoms with van der Waals surface area (Å²) in [7, 11) is 0. The molecule has 1 atom stereocenters. The summed E-state index contributed by atoms with van der Waals surface area (Å²) < 4.78 is 0. The Balaban J connectivity index is 3.78. The van der Waals surface area contributed by atoms with Crippen molar-refractivity contribution in [3.8, 4) is 0 Å². The molecule has 0 bridgehead atoms. The van der Waals surface area contributed by atoms with Gasteiger partial charge in [0.15, 0.2) is 0 Å². The Labute approximate surface area is 125 Å². The summed E-state index contributed by atoms with van der Waals surface area (Å²) in [6, 6.07) is 0. The molecule has 0 radical (unpaired) electrons. The Morgan fingerprint density at radius 3 is 2.10 bits per heavy atom. The minimum atomic E-state index is -0.691. The lowest BCUT2D eigenvalue weighted by Gasteiger charge is -2.05. The number of unbranched alkanes of at least 4 members (excludes halogenated alkanes) is 2. The lowest BCUT2D eigenvalue weighted by Crippen LogP contribution is -2.08. The number of hydrogen-bond donors (Lipinski definition) is 1. The molecule has 0 saturated heterocycles. The second-order valence-electron chi connectivity index (χ2n) is 5.91. The van der Waals surface area contributed by atoms with Crippen LogP contribution in [0.1, 0.15) is 79.1 Å². The molecule has 20 heavy (non-hydrogen) atoms. The third-order valence-electron chi connectivity index (χ3n) is 3.71. The van der Waals surface area contributed by atoms with Gasteiger partial charge in [-0.25, -0.2) is 0 Å². The summed E-state index contributed by atoms with van der Waals surface area (Å²) in [6.07, 6.45) is 13.5. The number of rotatable bonds is 11. The zero-order valence-electron chi connectivity index (χ0n) is 13.7. The molecule has 0 heterocycles. The number of hydrogen-bond acceptors (Lipinski definition) is 1. The highest BCUT2D eigenvalue weighted by Crippen LogP contribution is 2.15. The van der Waals surface area contributed by atoms with Gasteiger partial charge in [0.2, 0.25) is 0 Å². The van der Waals surface area contributed by atoms with Gasteiger partial charge in [0.25, 0.3) is 0 Å². The molecule has 1 unspecified atom stereocenters. The SMILES string of the molecule is CCCCC=C(C)CCCC(C)=CCCC(C)C(=O)O. The van der Waals surface area contributed by atoms with Gasteiger partial charge < -0.3 is 5.11 Å². The smallest absolute Gasteiger partial charge is 0.306 e. The highest BCUT2D eigenvalue weighted by atomic mass is 16.4. The Hall–Kier alpha value is -1.05. The zero-order chi connectivity index (χ0) is 15.4. The molecule has 2 heteroatoms. The van der Waals surface area contributed by atoms with Gasteiger partial charge in [-0.05, 0) is 52.4 Å². The van der Waals surface area contributed by atoms with Crippen LogP contribution in [-0.2, 0) is 4.79 Å². The number of carbonyl (C=O) groups is 1. The molecule has 0 aromatic heterocycles. The molecular formula is C18H32O2. The van der Waals surface area contributed by atoms with Crippen LogP contribution in [0.2, 0.25) is 0 Å². The first-order valence-corrected chi connectivity index (χ1v) is 8.01. The minimum absolute atomic E-state index is 0.234. The third kappa shape index (κ3) is 10.8. The summed E-state index contributed by atoms with van der Waals surface area (Å²) in [5, 5.41) is 8.81. The lowest BCUT2D eigenvalue weighted by molar-refractivity contribution is -0.141. The molecule has 0 fully saturated rings. The summed E-state index contributed by atoms with van der Waals surface area (Å²) in [5.41, 5.74) is 2.90. The summed E-state index contributed by atoms with van der Waals surface area (Å²) in [6.45, 7) is 8.38. The lowest BCUT2D eigenvalue weighted by atomic mass is 10.0. The predicted octanol–water partition coefficient (Wildman–Crippen LogP) is 5.74. The average molecular weight is 280 g/mol. The van der Waals surface area contributed by atoms with E-state index in [1.807, 2.05) is 0 Å². The van der Waals surface area contributed by atoms with Crippen LogP contribution in [0.4, 0.5) is 0 Å². The number of allylic oxidation sites excluding steroid dienone is 4. The summed E-state index contributed by atoms with van der Waals surface area (Å²) >= 11 is 0. The number of aliphatic carboxylic acids is 1. The molecule has 2 nitrogen and oxygen atoms in total. The van der Waals surface area contributed by atoms with Crippen LogP contribution in [0, 0.1) is 5.92 Å². The third-order valence-corrected chi connectivity index (χ3v) is 3.71. The average Bonchev–Trinajstić information content (AvgIpc) is 2.38. The Kier molecular flexibility index (Phi) is 11.1. The maximum absolute atomic E-state index is 10.7. The Morgan fingerprint density at radius 2 is 1.60 bits per heavy atom. The fourth-order valence-corrected chi connectivity index (χ4v) is 2.11. The van der Waals surface area contributed by atoms with Gasteiger partial charge in [-0.15, -0.1) is 0 Å². The van der Waals surface area contributed by atoms with Crippen LogP contribution in [0.15, 0.2) is 23.3 Å². The number of carboxylic acids is 1. The molecule has 1 N–H and O–H groups in total. The molecule has 0 aromatic carbocycles. The van der Waals surface area contributed by atoms with Crippen LogP contribution >= 0.6 is 0 Å². The van der Waals surface area contributed by atoms with E-state index in [9.17, 15) is 4.79 Å². The van der Waals surface area contributed by atoms with E-state index in [1.54, 1.807) is 6.92 Å². The van der Waals surface area contributed by atoms with Crippen LogP contribution < -0.4 is 0 Å². The monoisotopic (exact) mass is 280 g/mol. The van der Waals surface area contributed by atoms with E-state index in [4.69, 9.17) is 5.11 Å². The maximum Gasteiger partial charge on any atom is 0.306 e. The van der Waals surface area contributed by atoms with E-state index in [2.05, 4.69) is 32.9 Å². The van der Waals surface area contributed by atoms with Gasteiger partial charge in [0.05, 0.1) is 5.92 Å². The van der Waals surface area contributed by atoms with E-state index in [1.165, 1.54) is 43.3 Å². The van der Waals surface area contributed by atoms with E-state index < -0.39 is 5.97 Å². The van der Waals surface area contributed by atoms with E-state index >= 15 is 0 Å². The fraction of sp³-hybridized carbons (Fsp3) is 0.722. The van der Waals surface area contributed by atoms with Crippen molar-refractivity contribution in [3.05, 3.63) is 23.3 Å².